The summed E-state index contributed by atoms with van der Waals surface area (Å²) in [7, 11) is 0. The Morgan fingerprint density at radius 1 is 1.17 bits per heavy atom. The van der Waals surface area contributed by atoms with Gasteiger partial charge < -0.3 is 0 Å². The lowest BCUT2D eigenvalue weighted by atomic mass is 9.72. The molecule has 0 heteroatoms. The fourth-order valence-electron chi connectivity index (χ4n) is 3.05. The van der Waals surface area contributed by atoms with Crippen molar-refractivity contribution in [1.29, 1.82) is 0 Å². The molecule has 1 unspecified atom stereocenters. The minimum Gasteiger partial charge on any atom is -0.103 e. The fourth-order valence-corrected chi connectivity index (χ4v) is 3.05. The highest BCUT2D eigenvalue weighted by Gasteiger charge is 2.38. The maximum atomic E-state index is 3.81. The number of hydrogen-bond acceptors (Lipinski definition) is 0. The summed E-state index contributed by atoms with van der Waals surface area (Å²) in [6.07, 6.45) is 18.3. The molecule has 18 heavy (non-hydrogen) atoms. The van der Waals surface area contributed by atoms with Gasteiger partial charge in [-0.1, -0.05) is 58.1 Å². The van der Waals surface area contributed by atoms with Crippen LogP contribution in [0.15, 0.2) is 37.0 Å². The minimum absolute atomic E-state index is 0.317. The minimum atomic E-state index is 0.317. The second-order valence-electron chi connectivity index (χ2n) is 5.99. The molecule has 0 aromatic rings. The topological polar surface area (TPSA) is 0 Å². The van der Waals surface area contributed by atoms with Crippen molar-refractivity contribution in [2.75, 3.05) is 0 Å². The summed E-state index contributed by atoms with van der Waals surface area (Å²) >= 11 is 0. The third-order valence-electron chi connectivity index (χ3n) is 4.52. The van der Waals surface area contributed by atoms with Crippen LogP contribution in [0.25, 0.3) is 0 Å². The van der Waals surface area contributed by atoms with E-state index >= 15 is 0 Å². The Kier molecular flexibility index (Phi) is 5.44. The summed E-state index contributed by atoms with van der Waals surface area (Å²) in [5.74, 6) is 0.823. The molecule has 0 aromatic heterocycles. The van der Waals surface area contributed by atoms with Gasteiger partial charge in [0.25, 0.3) is 0 Å². The smallest absolute Gasteiger partial charge is 0.00615 e. The van der Waals surface area contributed by atoms with Crippen LogP contribution in [0.3, 0.4) is 0 Å². The van der Waals surface area contributed by atoms with E-state index in [1.807, 2.05) is 19.9 Å². The Morgan fingerprint density at radius 2 is 1.78 bits per heavy atom. The highest BCUT2D eigenvalue weighted by molar-refractivity contribution is 5.27. The standard InChI is InChI=1S/C16H24.C2H6/c1-4-5-6-7-14-8-9-15(2)10-12-16(14,3)13-11-15;1-2/h4,10-14H,1,5-9H2,2-3H3;1-2H3. The number of hydrogen-bond donors (Lipinski definition) is 0. The van der Waals surface area contributed by atoms with E-state index in [1.165, 1.54) is 25.7 Å². The van der Waals surface area contributed by atoms with Gasteiger partial charge in [-0.3, -0.25) is 0 Å². The molecular formula is C18H30. The van der Waals surface area contributed by atoms with Crippen molar-refractivity contribution in [1.82, 2.24) is 0 Å². The van der Waals surface area contributed by atoms with Crippen LogP contribution in [0, 0.1) is 16.7 Å². The molecule has 1 atom stereocenters. The van der Waals surface area contributed by atoms with Crippen molar-refractivity contribution >= 4 is 0 Å². The Hall–Kier alpha value is -0.780. The molecule has 0 nitrogen and oxygen atoms in total. The number of fused-ring (bicyclic) bond motifs is 2. The highest BCUT2D eigenvalue weighted by Crippen LogP contribution is 2.49. The zero-order valence-electron chi connectivity index (χ0n) is 12.7. The molecule has 0 aromatic carbocycles. The SMILES string of the molecule is C=CCCCC1CCC2(C)C=CC1(C)C=C2.CC. The summed E-state index contributed by atoms with van der Waals surface area (Å²) in [4.78, 5) is 0. The quantitative estimate of drug-likeness (QED) is 0.427. The van der Waals surface area contributed by atoms with Crippen LogP contribution in [-0.2, 0) is 0 Å². The summed E-state index contributed by atoms with van der Waals surface area (Å²) in [5, 5.41) is 0. The third-order valence-corrected chi connectivity index (χ3v) is 4.52. The monoisotopic (exact) mass is 246 g/mol. The molecule has 0 N–H and O–H groups in total. The normalized spacial score (nSPS) is 36.8. The van der Waals surface area contributed by atoms with E-state index in [4.69, 9.17) is 0 Å². The van der Waals surface area contributed by atoms with Crippen LogP contribution in [-0.4, -0.2) is 0 Å². The Labute approximate surface area is 114 Å². The van der Waals surface area contributed by atoms with Crippen LogP contribution in [0.4, 0.5) is 0 Å². The van der Waals surface area contributed by atoms with Crippen LogP contribution in [0.1, 0.15) is 59.8 Å². The summed E-state index contributed by atoms with van der Waals surface area (Å²) in [5.41, 5.74) is 0.657. The van der Waals surface area contributed by atoms with Crippen LogP contribution >= 0.6 is 0 Å². The third kappa shape index (κ3) is 3.37. The Morgan fingerprint density at radius 3 is 2.33 bits per heavy atom. The second kappa shape index (κ2) is 6.41. The van der Waals surface area contributed by atoms with E-state index in [2.05, 4.69) is 44.7 Å². The molecule has 3 aliphatic carbocycles. The van der Waals surface area contributed by atoms with E-state index in [9.17, 15) is 0 Å². The van der Waals surface area contributed by atoms with Crippen molar-refractivity contribution < 1.29 is 0 Å². The van der Waals surface area contributed by atoms with Gasteiger partial charge in [-0.25, -0.2) is 0 Å². The molecular weight excluding hydrogens is 216 g/mol. The van der Waals surface area contributed by atoms with Gasteiger partial charge in [-0.2, -0.15) is 0 Å². The number of allylic oxidation sites excluding steroid dienone is 5. The first-order valence-electron chi connectivity index (χ1n) is 7.60. The zero-order valence-corrected chi connectivity index (χ0v) is 12.7. The summed E-state index contributed by atoms with van der Waals surface area (Å²) in [6.45, 7) is 12.6. The molecule has 0 saturated carbocycles. The van der Waals surface area contributed by atoms with E-state index in [0.717, 1.165) is 12.3 Å². The van der Waals surface area contributed by atoms with Crippen molar-refractivity contribution in [3.63, 3.8) is 0 Å². The number of rotatable bonds is 4. The molecule has 3 aliphatic rings. The van der Waals surface area contributed by atoms with Gasteiger partial charge in [0.05, 0.1) is 0 Å². The molecule has 2 bridgehead atoms. The van der Waals surface area contributed by atoms with Crippen molar-refractivity contribution in [2.24, 2.45) is 16.7 Å². The molecule has 0 amide bonds. The summed E-state index contributed by atoms with van der Waals surface area (Å²) < 4.78 is 0. The molecule has 0 radical (unpaired) electrons. The molecule has 0 saturated heterocycles. The molecule has 0 aliphatic heterocycles. The van der Waals surface area contributed by atoms with Crippen molar-refractivity contribution in [2.45, 2.75) is 59.8 Å². The lowest BCUT2D eigenvalue weighted by Gasteiger charge is -2.32. The van der Waals surface area contributed by atoms with E-state index in [-0.39, 0.29) is 0 Å². The predicted molar refractivity (Wildman–Crippen MR) is 82.6 cm³/mol. The van der Waals surface area contributed by atoms with Gasteiger partial charge >= 0.3 is 0 Å². The Balaban J connectivity index is 0.000000771. The molecule has 0 fully saturated rings. The highest BCUT2D eigenvalue weighted by atomic mass is 14.4. The molecule has 3 rings (SSSR count). The van der Waals surface area contributed by atoms with E-state index in [1.54, 1.807) is 0 Å². The zero-order chi connectivity index (χ0) is 13.6. The van der Waals surface area contributed by atoms with Gasteiger partial charge in [0, 0.05) is 10.8 Å². The lowest BCUT2D eigenvalue weighted by Crippen LogP contribution is -2.22. The average Bonchev–Trinajstić information content (AvgIpc) is 2.59. The molecule has 0 heterocycles. The lowest BCUT2D eigenvalue weighted by molar-refractivity contribution is 0.281. The maximum absolute atomic E-state index is 3.81. The second-order valence-corrected chi connectivity index (χ2v) is 5.99. The van der Waals surface area contributed by atoms with Gasteiger partial charge in [0.15, 0.2) is 0 Å². The first-order valence-corrected chi connectivity index (χ1v) is 7.60. The van der Waals surface area contributed by atoms with Crippen LogP contribution in [0.5, 0.6) is 0 Å². The average molecular weight is 246 g/mol. The first kappa shape index (κ1) is 15.3. The van der Waals surface area contributed by atoms with Crippen molar-refractivity contribution in [3.05, 3.63) is 37.0 Å². The maximum Gasteiger partial charge on any atom is 0.00615 e. The largest absolute Gasteiger partial charge is 0.103 e. The van der Waals surface area contributed by atoms with Crippen LogP contribution < -0.4 is 0 Å². The molecule has 0 spiro atoms. The fraction of sp³-hybridized carbons (Fsp3) is 0.667. The predicted octanol–water partition coefficient (Wildman–Crippen LogP) is 5.92. The summed E-state index contributed by atoms with van der Waals surface area (Å²) in [6, 6.07) is 0. The molecule has 102 valence electrons. The van der Waals surface area contributed by atoms with E-state index in [0.29, 0.717) is 10.8 Å². The van der Waals surface area contributed by atoms with Gasteiger partial charge in [0.2, 0.25) is 0 Å². The van der Waals surface area contributed by atoms with Gasteiger partial charge in [0.1, 0.15) is 0 Å². The Bertz CT molecular complexity index is 305. The first-order chi connectivity index (χ1) is 8.58. The number of unbranched alkanes of at least 4 members (excludes halogenated alkanes) is 1. The van der Waals surface area contributed by atoms with Gasteiger partial charge in [-0.05, 0) is 38.0 Å². The van der Waals surface area contributed by atoms with Crippen LogP contribution in [0.2, 0.25) is 0 Å². The van der Waals surface area contributed by atoms with Gasteiger partial charge in [-0.15, -0.1) is 6.58 Å². The van der Waals surface area contributed by atoms with Crippen molar-refractivity contribution in [3.8, 4) is 0 Å². The van der Waals surface area contributed by atoms with E-state index < -0.39 is 0 Å².